The monoisotopic (exact) mass is 233 g/mol. The summed E-state index contributed by atoms with van der Waals surface area (Å²) in [5.41, 5.74) is 2.23. The Bertz CT molecular complexity index is 337. The van der Waals surface area contributed by atoms with Crippen molar-refractivity contribution in [2.75, 3.05) is 18.4 Å². The molecule has 3 nitrogen and oxygen atoms in total. The van der Waals surface area contributed by atoms with E-state index < -0.39 is 0 Å². The highest BCUT2D eigenvalue weighted by Crippen LogP contribution is 2.17. The van der Waals surface area contributed by atoms with E-state index in [4.69, 9.17) is 0 Å². The summed E-state index contributed by atoms with van der Waals surface area (Å²) in [7, 11) is 0. The summed E-state index contributed by atoms with van der Waals surface area (Å²) in [4.78, 5) is 6.86. The third kappa shape index (κ3) is 3.43. The van der Waals surface area contributed by atoms with Crippen LogP contribution in [-0.4, -0.2) is 35.1 Å². The topological polar surface area (TPSA) is 28.2 Å². The predicted molar refractivity (Wildman–Crippen MR) is 72.3 cm³/mol. The molecule has 0 saturated carbocycles. The second-order valence-electron chi connectivity index (χ2n) is 5.24. The van der Waals surface area contributed by atoms with Crippen LogP contribution in [0, 0.1) is 6.92 Å². The molecule has 17 heavy (non-hydrogen) atoms. The third-order valence-corrected chi connectivity index (χ3v) is 3.54. The molecule has 1 aromatic heterocycles. The van der Waals surface area contributed by atoms with E-state index in [0.29, 0.717) is 12.1 Å². The van der Waals surface area contributed by atoms with Crippen molar-refractivity contribution in [3.05, 3.63) is 24.0 Å². The van der Waals surface area contributed by atoms with Gasteiger partial charge in [0.15, 0.2) is 0 Å². The van der Waals surface area contributed by atoms with E-state index in [0.717, 1.165) is 11.4 Å². The van der Waals surface area contributed by atoms with Crippen molar-refractivity contribution in [2.24, 2.45) is 0 Å². The molecule has 0 aromatic carbocycles. The van der Waals surface area contributed by atoms with Gasteiger partial charge >= 0.3 is 0 Å². The molecule has 1 fully saturated rings. The number of aryl methyl sites for hydroxylation is 1. The predicted octanol–water partition coefficient (Wildman–Crippen LogP) is 2.67. The van der Waals surface area contributed by atoms with E-state index in [2.05, 4.69) is 41.2 Å². The minimum absolute atomic E-state index is 0.606. The Morgan fingerprint density at radius 2 is 2.00 bits per heavy atom. The highest BCUT2D eigenvalue weighted by molar-refractivity contribution is 5.41. The number of hydrogen-bond acceptors (Lipinski definition) is 3. The summed E-state index contributed by atoms with van der Waals surface area (Å²) in [5, 5.41) is 3.58. The normalized spacial score (nSPS) is 18.6. The summed E-state index contributed by atoms with van der Waals surface area (Å²) >= 11 is 0. The van der Waals surface area contributed by atoms with Crippen molar-refractivity contribution < 1.29 is 0 Å². The molecule has 94 valence electrons. The Morgan fingerprint density at radius 3 is 2.53 bits per heavy atom. The molecule has 1 N–H and O–H groups in total. The molecule has 1 aliphatic rings. The van der Waals surface area contributed by atoms with Crippen molar-refractivity contribution in [3.8, 4) is 0 Å². The van der Waals surface area contributed by atoms with Gasteiger partial charge in [-0.25, -0.2) is 0 Å². The van der Waals surface area contributed by atoms with Crippen LogP contribution < -0.4 is 5.32 Å². The maximum atomic E-state index is 4.31. The first-order valence-electron chi connectivity index (χ1n) is 6.58. The first kappa shape index (κ1) is 12.4. The van der Waals surface area contributed by atoms with Crippen molar-refractivity contribution in [1.29, 1.82) is 0 Å². The minimum atomic E-state index is 0.606. The van der Waals surface area contributed by atoms with Crippen LogP contribution >= 0.6 is 0 Å². The smallest absolute Gasteiger partial charge is 0.0529 e. The Hall–Kier alpha value is -1.09. The molecule has 0 bridgehead atoms. The van der Waals surface area contributed by atoms with Crippen LogP contribution in [0.1, 0.15) is 32.4 Å². The largest absolute Gasteiger partial charge is 0.381 e. The summed E-state index contributed by atoms with van der Waals surface area (Å²) in [6.07, 6.45) is 4.39. The van der Waals surface area contributed by atoms with Gasteiger partial charge < -0.3 is 10.2 Å². The SMILES string of the molecule is Cc1ccc(NC2CCN(C(C)C)CC2)cn1. The zero-order valence-electron chi connectivity index (χ0n) is 11.1. The fraction of sp³-hybridized carbons (Fsp3) is 0.643. The van der Waals surface area contributed by atoms with Crippen molar-refractivity contribution in [3.63, 3.8) is 0 Å². The lowest BCUT2D eigenvalue weighted by molar-refractivity contribution is 0.177. The number of aromatic nitrogens is 1. The van der Waals surface area contributed by atoms with E-state index in [1.807, 2.05) is 13.1 Å². The van der Waals surface area contributed by atoms with Crippen LogP contribution in [0.5, 0.6) is 0 Å². The first-order chi connectivity index (χ1) is 8.15. The number of likely N-dealkylation sites (tertiary alicyclic amines) is 1. The highest BCUT2D eigenvalue weighted by atomic mass is 15.2. The van der Waals surface area contributed by atoms with Crippen LogP contribution in [0.15, 0.2) is 18.3 Å². The molecule has 1 aromatic rings. The number of hydrogen-bond donors (Lipinski definition) is 1. The molecule has 3 heteroatoms. The maximum Gasteiger partial charge on any atom is 0.0529 e. The third-order valence-electron chi connectivity index (χ3n) is 3.54. The fourth-order valence-electron chi connectivity index (χ4n) is 2.35. The van der Waals surface area contributed by atoms with Crippen LogP contribution in [-0.2, 0) is 0 Å². The summed E-state index contributed by atoms with van der Waals surface area (Å²) in [6, 6.07) is 5.47. The van der Waals surface area contributed by atoms with Gasteiger partial charge in [-0.2, -0.15) is 0 Å². The van der Waals surface area contributed by atoms with Gasteiger partial charge in [0.05, 0.1) is 11.9 Å². The zero-order chi connectivity index (χ0) is 12.3. The van der Waals surface area contributed by atoms with E-state index in [9.17, 15) is 0 Å². The van der Waals surface area contributed by atoms with Gasteiger partial charge in [0, 0.05) is 30.9 Å². The Balaban J connectivity index is 1.84. The second-order valence-corrected chi connectivity index (χ2v) is 5.24. The average molecular weight is 233 g/mol. The van der Waals surface area contributed by atoms with Gasteiger partial charge in [-0.05, 0) is 45.7 Å². The van der Waals surface area contributed by atoms with E-state index in [-0.39, 0.29) is 0 Å². The number of pyridine rings is 1. The van der Waals surface area contributed by atoms with Crippen molar-refractivity contribution >= 4 is 5.69 Å². The summed E-state index contributed by atoms with van der Waals surface area (Å²) in [5.74, 6) is 0. The number of nitrogens with zero attached hydrogens (tertiary/aromatic N) is 2. The number of anilines is 1. The van der Waals surface area contributed by atoms with Crippen molar-refractivity contribution in [1.82, 2.24) is 9.88 Å². The molecule has 0 unspecified atom stereocenters. The van der Waals surface area contributed by atoms with Crippen LogP contribution in [0.25, 0.3) is 0 Å². The summed E-state index contributed by atoms with van der Waals surface area (Å²) in [6.45, 7) is 8.98. The molecular weight excluding hydrogens is 210 g/mol. The lowest BCUT2D eigenvalue weighted by atomic mass is 10.0. The van der Waals surface area contributed by atoms with E-state index in [1.54, 1.807) is 0 Å². The minimum Gasteiger partial charge on any atom is -0.381 e. The van der Waals surface area contributed by atoms with Gasteiger partial charge in [0.2, 0.25) is 0 Å². The lowest BCUT2D eigenvalue weighted by Gasteiger charge is -2.35. The molecule has 0 atom stereocenters. The van der Waals surface area contributed by atoms with Crippen molar-refractivity contribution in [2.45, 2.75) is 45.7 Å². The van der Waals surface area contributed by atoms with Gasteiger partial charge in [-0.3, -0.25) is 4.98 Å². The molecule has 0 amide bonds. The molecule has 1 aliphatic heterocycles. The van der Waals surface area contributed by atoms with Crippen LogP contribution in [0.3, 0.4) is 0 Å². The van der Waals surface area contributed by atoms with Gasteiger partial charge in [-0.1, -0.05) is 0 Å². The van der Waals surface area contributed by atoms with Gasteiger partial charge in [0.1, 0.15) is 0 Å². The molecule has 1 saturated heterocycles. The van der Waals surface area contributed by atoms with E-state index >= 15 is 0 Å². The number of nitrogens with one attached hydrogen (secondary N) is 1. The quantitative estimate of drug-likeness (QED) is 0.870. The van der Waals surface area contributed by atoms with E-state index in [1.165, 1.54) is 25.9 Å². The molecule has 0 spiro atoms. The Labute approximate surface area is 104 Å². The fourth-order valence-corrected chi connectivity index (χ4v) is 2.35. The zero-order valence-corrected chi connectivity index (χ0v) is 11.1. The summed E-state index contributed by atoms with van der Waals surface area (Å²) < 4.78 is 0. The molecule has 0 aliphatic carbocycles. The average Bonchev–Trinajstić information content (AvgIpc) is 2.33. The number of rotatable bonds is 3. The van der Waals surface area contributed by atoms with Gasteiger partial charge in [0.25, 0.3) is 0 Å². The number of piperidine rings is 1. The Morgan fingerprint density at radius 1 is 1.29 bits per heavy atom. The van der Waals surface area contributed by atoms with Crippen LogP contribution in [0.4, 0.5) is 5.69 Å². The molecular formula is C14H23N3. The first-order valence-corrected chi connectivity index (χ1v) is 6.58. The highest BCUT2D eigenvalue weighted by Gasteiger charge is 2.20. The molecule has 2 heterocycles. The second kappa shape index (κ2) is 5.50. The lowest BCUT2D eigenvalue weighted by Crippen LogP contribution is -2.42. The molecule has 2 rings (SSSR count). The Kier molecular flexibility index (Phi) is 4.00. The molecule has 0 radical (unpaired) electrons. The van der Waals surface area contributed by atoms with Crippen LogP contribution in [0.2, 0.25) is 0 Å². The van der Waals surface area contributed by atoms with Gasteiger partial charge in [-0.15, -0.1) is 0 Å². The standard InChI is InChI=1S/C14H23N3/c1-11(2)17-8-6-13(7-9-17)16-14-5-4-12(3)15-10-14/h4-5,10-11,13,16H,6-9H2,1-3H3. The maximum absolute atomic E-state index is 4.31.